The molecule has 2 aromatic rings. The third kappa shape index (κ3) is 2.09. The third-order valence-corrected chi connectivity index (χ3v) is 3.80. The number of nitrogens with zero attached hydrogens (tertiary/aromatic N) is 4. The molecule has 1 aliphatic rings. The minimum atomic E-state index is -0.182. The summed E-state index contributed by atoms with van der Waals surface area (Å²) in [7, 11) is 0. The lowest BCUT2D eigenvalue weighted by atomic mass is 9.89. The first-order valence-electron chi connectivity index (χ1n) is 6.31. The van der Waals surface area contributed by atoms with E-state index in [1.807, 2.05) is 30.9 Å². The zero-order chi connectivity index (χ0) is 13.5. The van der Waals surface area contributed by atoms with Crippen molar-refractivity contribution in [2.45, 2.75) is 25.8 Å². The third-order valence-electron chi connectivity index (χ3n) is 3.80. The summed E-state index contributed by atoms with van der Waals surface area (Å²) in [4.78, 5) is 0. The van der Waals surface area contributed by atoms with Crippen molar-refractivity contribution in [1.82, 2.24) is 25.3 Å². The van der Waals surface area contributed by atoms with Crippen LogP contribution in [0.2, 0.25) is 0 Å². The van der Waals surface area contributed by atoms with Gasteiger partial charge in [-0.3, -0.25) is 9.78 Å². The molecule has 1 saturated heterocycles. The van der Waals surface area contributed by atoms with Crippen molar-refractivity contribution in [3.8, 4) is 17.2 Å². The lowest BCUT2D eigenvalue weighted by Crippen LogP contribution is -2.60. The quantitative estimate of drug-likeness (QED) is 0.899. The lowest BCUT2D eigenvalue weighted by molar-refractivity contribution is 0.160. The van der Waals surface area contributed by atoms with Gasteiger partial charge in [0.15, 0.2) is 0 Å². The van der Waals surface area contributed by atoms with Crippen LogP contribution in [-0.4, -0.2) is 33.1 Å². The van der Waals surface area contributed by atoms with Crippen molar-refractivity contribution in [3.63, 3.8) is 0 Å². The maximum Gasteiger partial charge on any atom is 0.100 e. The molecule has 106 valence electrons. The molecule has 0 unspecified atom stereocenters. The van der Waals surface area contributed by atoms with Crippen molar-refractivity contribution in [2.24, 2.45) is 0 Å². The number of hydrogen-bond donors (Lipinski definition) is 2. The first kappa shape index (κ1) is 14.6. The number of aromatic nitrogens is 4. The fourth-order valence-electron chi connectivity index (χ4n) is 2.62. The highest BCUT2D eigenvalue weighted by Gasteiger charge is 2.39. The predicted octanol–water partition coefficient (Wildman–Crippen LogP) is 1.52. The van der Waals surface area contributed by atoms with E-state index < -0.39 is 0 Å². The normalized spacial score (nSPS) is 16.1. The van der Waals surface area contributed by atoms with Gasteiger partial charge in [-0.1, -0.05) is 0 Å². The van der Waals surface area contributed by atoms with Gasteiger partial charge in [-0.15, -0.1) is 12.4 Å². The van der Waals surface area contributed by atoms with Gasteiger partial charge in [0.25, 0.3) is 0 Å². The molecule has 2 N–H and O–H groups in total. The van der Waals surface area contributed by atoms with Crippen molar-refractivity contribution < 1.29 is 0 Å². The Hall–Kier alpha value is -1.84. The number of halogens is 1. The second-order valence-corrected chi connectivity index (χ2v) is 5.15. The highest BCUT2D eigenvalue weighted by atomic mass is 35.5. The minimum absolute atomic E-state index is 0. The number of nitriles is 1. The maximum absolute atomic E-state index is 8.97. The Morgan fingerprint density at radius 2 is 2.20 bits per heavy atom. The lowest BCUT2D eigenvalue weighted by Gasteiger charge is -2.41. The Morgan fingerprint density at radius 3 is 2.70 bits per heavy atom. The second-order valence-electron chi connectivity index (χ2n) is 5.15. The molecule has 0 amide bonds. The van der Waals surface area contributed by atoms with Gasteiger partial charge in [0.05, 0.1) is 24.4 Å². The Morgan fingerprint density at radius 1 is 1.45 bits per heavy atom. The molecule has 2 aromatic heterocycles. The van der Waals surface area contributed by atoms with Crippen molar-refractivity contribution in [3.05, 3.63) is 23.8 Å². The van der Waals surface area contributed by atoms with E-state index in [-0.39, 0.29) is 17.9 Å². The standard InChI is InChI=1S/C13H16N6.ClH/c1-9-12(10(2)18-17-9)11-5-16-19(6-11)13(3-4-14)7-15-8-13;/h5-6,15H,3,7-8H2,1-2H3,(H,17,18);1H. The van der Waals surface area contributed by atoms with Gasteiger partial charge in [0.2, 0.25) is 0 Å². The summed E-state index contributed by atoms with van der Waals surface area (Å²) >= 11 is 0. The zero-order valence-corrected chi connectivity index (χ0v) is 12.3. The smallest absolute Gasteiger partial charge is 0.100 e. The number of hydrogen-bond acceptors (Lipinski definition) is 4. The first-order chi connectivity index (χ1) is 9.16. The monoisotopic (exact) mass is 292 g/mol. The molecule has 3 heterocycles. The summed E-state index contributed by atoms with van der Waals surface area (Å²) in [5.74, 6) is 0. The molecule has 7 heteroatoms. The number of nitrogens with one attached hydrogen (secondary N) is 2. The highest BCUT2D eigenvalue weighted by Crippen LogP contribution is 2.29. The molecule has 6 nitrogen and oxygen atoms in total. The van der Waals surface area contributed by atoms with Gasteiger partial charge in [-0.25, -0.2) is 0 Å². The predicted molar refractivity (Wildman–Crippen MR) is 77.6 cm³/mol. The van der Waals surface area contributed by atoms with Gasteiger partial charge in [-0.05, 0) is 13.8 Å². The fourth-order valence-corrected chi connectivity index (χ4v) is 2.62. The van der Waals surface area contributed by atoms with E-state index in [2.05, 4.69) is 26.7 Å². The molecule has 20 heavy (non-hydrogen) atoms. The average molecular weight is 293 g/mol. The van der Waals surface area contributed by atoms with Gasteiger partial charge in [0.1, 0.15) is 5.54 Å². The molecule has 0 atom stereocenters. The van der Waals surface area contributed by atoms with Gasteiger partial charge in [0, 0.05) is 36.1 Å². The summed E-state index contributed by atoms with van der Waals surface area (Å²) in [6.07, 6.45) is 4.34. The van der Waals surface area contributed by atoms with Crippen LogP contribution in [-0.2, 0) is 5.54 Å². The van der Waals surface area contributed by atoms with E-state index in [4.69, 9.17) is 5.26 Å². The summed E-state index contributed by atoms with van der Waals surface area (Å²) in [6.45, 7) is 5.57. The summed E-state index contributed by atoms with van der Waals surface area (Å²) < 4.78 is 1.92. The molecule has 0 aliphatic carbocycles. The van der Waals surface area contributed by atoms with Crippen molar-refractivity contribution >= 4 is 12.4 Å². The van der Waals surface area contributed by atoms with E-state index in [0.29, 0.717) is 6.42 Å². The van der Waals surface area contributed by atoms with E-state index in [1.54, 1.807) is 0 Å². The largest absolute Gasteiger partial charge is 0.312 e. The van der Waals surface area contributed by atoms with Gasteiger partial charge in [-0.2, -0.15) is 15.5 Å². The Bertz CT molecular complexity index is 627. The minimum Gasteiger partial charge on any atom is -0.312 e. The molecule has 0 aromatic carbocycles. The fraction of sp³-hybridized carbons (Fsp3) is 0.462. The summed E-state index contributed by atoms with van der Waals surface area (Å²) in [5, 5.41) is 23.8. The number of H-pyrrole nitrogens is 1. The first-order valence-corrected chi connectivity index (χ1v) is 6.31. The second kappa shape index (κ2) is 5.27. The van der Waals surface area contributed by atoms with Crippen LogP contribution in [0.5, 0.6) is 0 Å². The molecule has 0 bridgehead atoms. The topological polar surface area (TPSA) is 82.3 Å². The van der Waals surface area contributed by atoms with Crippen LogP contribution in [0.25, 0.3) is 11.1 Å². The van der Waals surface area contributed by atoms with Crippen LogP contribution in [0.3, 0.4) is 0 Å². The SMILES string of the molecule is Cc1n[nH]c(C)c1-c1cnn(C2(CC#N)CNC2)c1.Cl. The van der Waals surface area contributed by atoms with Crippen LogP contribution in [0.1, 0.15) is 17.8 Å². The zero-order valence-electron chi connectivity index (χ0n) is 11.5. The number of aromatic amines is 1. The van der Waals surface area contributed by atoms with Crippen LogP contribution in [0, 0.1) is 25.2 Å². The molecule has 3 rings (SSSR count). The van der Waals surface area contributed by atoms with Crippen molar-refractivity contribution in [2.75, 3.05) is 13.1 Å². The molecule has 0 spiro atoms. The molecule has 0 saturated carbocycles. The van der Waals surface area contributed by atoms with Crippen LogP contribution in [0.4, 0.5) is 0 Å². The van der Waals surface area contributed by atoms with Crippen LogP contribution in [0.15, 0.2) is 12.4 Å². The van der Waals surface area contributed by atoms with E-state index >= 15 is 0 Å². The Kier molecular flexibility index (Phi) is 3.84. The van der Waals surface area contributed by atoms with Crippen LogP contribution < -0.4 is 5.32 Å². The number of aryl methyl sites for hydroxylation is 2. The van der Waals surface area contributed by atoms with Gasteiger partial charge >= 0.3 is 0 Å². The molecule has 1 fully saturated rings. The summed E-state index contributed by atoms with van der Waals surface area (Å²) in [6, 6.07) is 2.26. The molecular weight excluding hydrogens is 276 g/mol. The van der Waals surface area contributed by atoms with E-state index in [0.717, 1.165) is 35.6 Å². The molecule has 0 radical (unpaired) electrons. The Balaban J connectivity index is 0.00000147. The van der Waals surface area contributed by atoms with E-state index in [1.165, 1.54) is 0 Å². The molecule has 1 aliphatic heterocycles. The molecular formula is C13H17ClN6. The van der Waals surface area contributed by atoms with Crippen molar-refractivity contribution in [1.29, 1.82) is 5.26 Å². The average Bonchev–Trinajstić information content (AvgIpc) is 2.91. The van der Waals surface area contributed by atoms with Gasteiger partial charge < -0.3 is 5.32 Å². The number of rotatable bonds is 3. The van der Waals surface area contributed by atoms with Crippen LogP contribution >= 0.6 is 12.4 Å². The highest BCUT2D eigenvalue weighted by molar-refractivity contribution is 5.85. The summed E-state index contributed by atoms with van der Waals surface area (Å²) in [5.41, 5.74) is 3.98. The maximum atomic E-state index is 8.97. The Labute approximate surface area is 123 Å². The van der Waals surface area contributed by atoms with E-state index in [9.17, 15) is 0 Å².